The van der Waals surface area contributed by atoms with Crippen molar-refractivity contribution >= 4 is 0 Å². The predicted octanol–water partition coefficient (Wildman–Crippen LogP) is -1.40. The van der Waals surface area contributed by atoms with Crippen molar-refractivity contribution in [2.24, 2.45) is 0 Å². The predicted molar refractivity (Wildman–Crippen MR) is 41.6 cm³/mol. The lowest BCUT2D eigenvalue weighted by Crippen LogP contribution is -2.29. The maximum atomic E-state index is 11.0. The molecule has 0 aliphatic rings. The van der Waals surface area contributed by atoms with Crippen molar-refractivity contribution in [3.05, 3.63) is 28.7 Å². The summed E-state index contributed by atoms with van der Waals surface area (Å²) in [5, 5.41) is 21.2. The third kappa shape index (κ3) is 2.14. The van der Waals surface area contributed by atoms with E-state index >= 15 is 0 Å². The average Bonchev–Trinajstić information content (AvgIpc) is 2.09. The number of aliphatic hydroxyl groups is 2. The van der Waals surface area contributed by atoms with Gasteiger partial charge in [0.15, 0.2) is 0 Å². The Balaban J connectivity index is 2.76. The Labute approximate surface area is 68.9 Å². The molecule has 0 aliphatic carbocycles. The molecule has 1 rings (SSSR count). The highest BCUT2D eigenvalue weighted by Crippen LogP contribution is 1.84. The summed E-state index contributed by atoms with van der Waals surface area (Å²) < 4.78 is 1.10. The first kappa shape index (κ1) is 8.89. The van der Waals surface area contributed by atoms with Gasteiger partial charge < -0.3 is 10.2 Å². The molecule has 0 saturated carbocycles. The van der Waals surface area contributed by atoms with Crippen molar-refractivity contribution in [3.8, 4) is 0 Å². The molecule has 1 aromatic rings. The zero-order valence-electron chi connectivity index (χ0n) is 6.42. The fourth-order valence-electron chi connectivity index (χ4n) is 0.782. The summed E-state index contributed by atoms with van der Waals surface area (Å²) in [6.07, 6.45) is 0.517. The summed E-state index contributed by atoms with van der Waals surface area (Å²) in [7, 11) is 0. The van der Waals surface area contributed by atoms with Gasteiger partial charge >= 0.3 is 0 Å². The van der Waals surface area contributed by atoms with Crippen LogP contribution in [0.4, 0.5) is 0 Å². The first-order valence-electron chi connectivity index (χ1n) is 3.55. The number of aromatic nitrogens is 2. The highest BCUT2D eigenvalue weighted by atomic mass is 16.3. The van der Waals surface area contributed by atoms with Gasteiger partial charge in [0.1, 0.15) is 0 Å². The highest BCUT2D eigenvalue weighted by molar-refractivity contribution is 4.84. The zero-order chi connectivity index (χ0) is 8.97. The van der Waals surface area contributed by atoms with Gasteiger partial charge in [-0.05, 0) is 6.07 Å². The van der Waals surface area contributed by atoms with E-state index in [1.165, 1.54) is 18.3 Å². The molecule has 0 amide bonds. The Kier molecular flexibility index (Phi) is 2.95. The maximum Gasteiger partial charge on any atom is 0.266 e. The van der Waals surface area contributed by atoms with Crippen molar-refractivity contribution in [2.75, 3.05) is 6.61 Å². The summed E-state index contributed by atoms with van der Waals surface area (Å²) in [6, 6.07) is 2.86. The van der Waals surface area contributed by atoms with Crippen molar-refractivity contribution in [2.45, 2.75) is 12.6 Å². The van der Waals surface area contributed by atoms with Gasteiger partial charge in [0.25, 0.3) is 5.56 Å². The smallest absolute Gasteiger partial charge is 0.266 e. The second kappa shape index (κ2) is 3.99. The minimum atomic E-state index is -0.933. The lowest BCUT2D eigenvalue weighted by atomic mass is 10.4. The molecule has 5 heteroatoms. The SMILES string of the molecule is O=c1cccnn1CC(O)CO. The minimum Gasteiger partial charge on any atom is -0.394 e. The average molecular weight is 170 g/mol. The molecular weight excluding hydrogens is 160 g/mol. The van der Waals surface area contributed by atoms with Gasteiger partial charge in [-0.25, -0.2) is 4.68 Å². The standard InChI is InChI=1S/C7H10N2O3/c10-5-6(11)4-9-7(12)2-1-3-8-9/h1-3,6,10-11H,4-5H2. The summed E-state index contributed by atoms with van der Waals surface area (Å²) in [6.45, 7) is -0.348. The Hall–Kier alpha value is -1.20. The lowest BCUT2D eigenvalue weighted by Gasteiger charge is -2.07. The monoisotopic (exact) mass is 170 g/mol. The lowest BCUT2D eigenvalue weighted by molar-refractivity contribution is 0.0769. The van der Waals surface area contributed by atoms with Crippen LogP contribution in [0.1, 0.15) is 0 Å². The Morgan fingerprint density at radius 3 is 3.00 bits per heavy atom. The van der Waals surface area contributed by atoms with Crippen LogP contribution in [0, 0.1) is 0 Å². The molecule has 0 bridgehead atoms. The third-order valence-electron chi connectivity index (χ3n) is 1.38. The van der Waals surface area contributed by atoms with Crippen LogP contribution in [0.3, 0.4) is 0 Å². The van der Waals surface area contributed by atoms with Gasteiger partial charge in [-0.1, -0.05) is 0 Å². The number of hydrogen-bond donors (Lipinski definition) is 2. The van der Waals surface area contributed by atoms with Gasteiger partial charge in [0, 0.05) is 12.3 Å². The van der Waals surface area contributed by atoms with Crippen LogP contribution < -0.4 is 5.56 Å². The zero-order valence-corrected chi connectivity index (χ0v) is 6.42. The second-order valence-corrected chi connectivity index (χ2v) is 2.38. The second-order valence-electron chi connectivity index (χ2n) is 2.38. The fourth-order valence-corrected chi connectivity index (χ4v) is 0.782. The summed E-state index contributed by atoms with van der Waals surface area (Å²) in [5.41, 5.74) is -0.287. The van der Waals surface area contributed by atoms with E-state index in [0.29, 0.717) is 0 Å². The molecule has 0 spiro atoms. The fraction of sp³-hybridized carbons (Fsp3) is 0.429. The van der Waals surface area contributed by atoms with Crippen molar-refractivity contribution in [1.82, 2.24) is 9.78 Å². The van der Waals surface area contributed by atoms with E-state index < -0.39 is 6.10 Å². The maximum absolute atomic E-state index is 11.0. The quantitative estimate of drug-likeness (QED) is 0.584. The first-order valence-corrected chi connectivity index (χ1v) is 3.55. The van der Waals surface area contributed by atoms with Gasteiger partial charge in [0.2, 0.25) is 0 Å². The Morgan fingerprint density at radius 2 is 2.42 bits per heavy atom. The van der Waals surface area contributed by atoms with Crippen molar-refractivity contribution in [1.29, 1.82) is 0 Å². The van der Waals surface area contributed by atoms with E-state index in [1.807, 2.05) is 0 Å². The molecule has 0 fully saturated rings. The third-order valence-corrected chi connectivity index (χ3v) is 1.38. The summed E-state index contributed by atoms with van der Waals surface area (Å²) >= 11 is 0. The molecular formula is C7H10N2O3. The van der Waals surface area contributed by atoms with E-state index in [9.17, 15) is 4.79 Å². The molecule has 66 valence electrons. The molecule has 1 atom stereocenters. The van der Waals surface area contributed by atoms with Crippen LogP contribution in [0.15, 0.2) is 23.1 Å². The van der Waals surface area contributed by atoms with E-state index in [0.717, 1.165) is 4.68 Å². The summed E-state index contributed by atoms with van der Waals surface area (Å²) in [4.78, 5) is 11.0. The number of aliphatic hydroxyl groups excluding tert-OH is 2. The number of rotatable bonds is 3. The van der Waals surface area contributed by atoms with Crippen molar-refractivity contribution < 1.29 is 10.2 Å². The van der Waals surface area contributed by atoms with Gasteiger partial charge in [-0.3, -0.25) is 4.79 Å². The number of hydrogen-bond acceptors (Lipinski definition) is 4. The molecule has 0 aliphatic heterocycles. The van der Waals surface area contributed by atoms with E-state index in [2.05, 4.69) is 5.10 Å². The molecule has 5 nitrogen and oxygen atoms in total. The topological polar surface area (TPSA) is 75.4 Å². The van der Waals surface area contributed by atoms with Gasteiger partial charge in [0.05, 0.1) is 19.3 Å². The molecule has 0 aromatic carbocycles. The molecule has 1 heterocycles. The molecule has 0 radical (unpaired) electrons. The van der Waals surface area contributed by atoms with Crippen LogP contribution in [0.25, 0.3) is 0 Å². The molecule has 0 saturated heterocycles. The minimum absolute atomic E-state index is 0.0240. The van der Waals surface area contributed by atoms with Crippen LogP contribution >= 0.6 is 0 Å². The van der Waals surface area contributed by atoms with E-state index in [-0.39, 0.29) is 18.7 Å². The number of nitrogens with zero attached hydrogens (tertiary/aromatic N) is 2. The Morgan fingerprint density at radius 1 is 1.67 bits per heavy atom. The van der Waals surface area contributed by atoms with Crippen LogP contribution in [-0.2, 0) is 6.54 Å². The van der Waals surface area contributed by atoms with Crippen LogP contribution in [0.2, 0.25) is 0 Å². The van der Waals surface area contributed by atoms with Gasteiger partial charge in [-0.2, -0.15) is 5.10 Å². The molecule has 12 heavy (non-hydrogen) atoms. The van der Waals surface area contributed by atoms with E-state index in [1.54, 1.807) is 0 Å². The Bertz CT molecular complexity index is 297. The normalized spacial score (nSPS) is 12.8. The molecule has 1 aromatic heterocycles. The summed E-state index contributed by atoms with van der Waals surface area (Å²) in [5.74, 6) is 0. The largest absolute Gasteiger partial charge is 0.394 e. The molecule has 1 unspecified atom stereocenters. The van der Waals surface area contributed by atoms with Crippen LogP contribution in [-0.4, -0.2) is 32.7 Å². The van der Waals surface area contributed by atoms with Gasteiger partial charge in [-0.15, -0.1) is 0 Å². The van der Waals surface area contributed by atoms with Crippen LogP contribution in [0.5, 0.6) is 0 Å². The molecule has 2 N–H and O–H groups in total. The highest BCUT2D eigenvalue weighted by Gasteiger charge is 2.03. The van der Waals surface area contributed by atoms with Crippen molar-refractivity contribution in [3.63, 3.8) is 0 Å². The van der Waals surface area contributed by atoms with E-state index in [4.69, 9.17) is 10.2 Å². The first-order chi connectivity index (χ1) is 5.74.